The molecule has 7 nitrogen and oxygen atoms in total. The lowest BCUT2D eigenvalue weighted by molar-refractivity contribution is -0.274. The monoisotopic (exact) mass is 488 g/mol. The summed E-state index contributed by atoms with van der Waals surface area (Å²) in [5.74, 6) is 0.0861. The molecule has 1 aliphatic rings. The van der Waals surface area contributed by atoms with Gasteiger partial charge >= 0.3 is 6.36 Å². The van der Waals surface area contributed by atoms with Crippen molar-refractivity contribution in [1.82, 2.24) is 5.32 Å². The molecule has 1 unspecified atom stereocenters. The van der Waals surface area contributed by atoms with E-state index in [2.05, 4.69) is 10.1 Å². The second-order valence-electron chi connectivity index (χ2n) is 7.85. The number of nitrogens with two attached hydrogens (primary N) is 1. The van der Waals surface area contributed by atoms with Crippen LogP contribution in [0.1, 0.15) is 36.0 Å². The molecule has 0 saturated carbocycles. The number of hydrogen-bond acceptors (Lipinski definition) is 6. The predicted molar refractivity (Wildman–Crippen MR) is 115 cm³/mol. The minimum Gasteiger partial charge on any atom is -0.492 e. The van der Waals surface area contributed by atoms with E-state index in [1.54, 1.807) is 12.1 Å². The number of primary sulfonamides is 1. The van der Waals surface area contributed by atoms with Crippen molar-refractivity contribution in [1.29, 1.82) is 0 Å². The number of aliphatic hydroxyl groups excluding tert-OH is 1. The normalized spacial score (nSPS) is 14.6. The fourth-order valence-electron chi connectivity index (χ4n) is 3.77. The van der Waals surface area contributed by atoms with Crippen molar-refractivity contribution >= 4 is 10.0 Å². The number of benzene rings is 2. The molecule has 1 atom stereocenters. The summed E-state index contributed by atoms with van der Waals surface area (Å²) in [7, 11) is -3.89. The lowest BCUT2D eigenvalue weighted by atomic mass is 10.0. The van der Waals surface area contributed by atoms with Crippen LogP contribution in [-0.2, 0) is 29.3 Å². The van der Waals surface area contributed by atoms with Crippen LogP contribution < -0.4 is 19.9 Å². The van der Waals surface area contributed by atoms with Gasteiger partial charge in [0.15, 0.2) is 0 Å². The molecule has 0 aromatic heterocycles. The van der Waals surface area contributed by atoms with Gasteiger partial charge in [-0.2, -0.15) is 0 Å². The van der Waals surface area contributed by atoms with Crippen LogP contribution in [0.5, 0.6) is 11.5 Å². The van der Waals surface area contributed by atoms with Gasteiger partial charge in [0, 0.05) is 13.0 Å². The van der Waals surface area contributed by atoms with Crippen molar-refractivity contribution < 1.29 is 36.2 Å². The van der Waals surface area contributed by atoms with Gasteiger partial charge in [0.05, 0.1) is 6.61 Å². The molecule has 2 aromatic carbocycles. The summed E-state index contributed by atoms with van der Waals surface area (Å²) in [6, 6.07) is 9.35. The fraction of sp³-hybridized carbons (Fsp3) is 0.455. The van der Waals surface area contributed by atoms with Crippen LogP contribution in [0.4, 0.5) is 13.2 Å². The first-order valence-corrected chi connectivity index (χ1v) is 12.1. The molecule has 11 heteroatoms. The van der Waals surface area contributed by atoms with Crippen molar-refractivity contribution in [2.45, 2.75) is 56.0 Å². The van der Waals surface area contributed by atoms with E-state index in [-0.39, 0.29) is 23.6 Å². The summed E-state index contributed by atoms with van der Waals surface area (Å²) < 4.78 is 70.6. The second-order valence-corrected chi connectivity index (χ2v) is 9.38. The maximum atomic E-state index is 12.5. The van der Waals surface area contributed by atoms with Crippen molar-refractivity contribution in [2.24, 2.45) is 5.14 Å². The molecule has 1 heterocycles. The zero-order valence-electron chi connectivity index (χ0n) is 17.9. The summed E-state index contributed by atoms with van der Waals surface area (Å²) in [5, 5.41) is 18.3. The van der Waals surface area contributed by atoms with Gasteiger partial charge in [0.25, 0.3) is 0 Å². The smallest absolute Gasteiger partial charge is 0.492 e. The number of para-hydroxylation sites is 1. The lowest BCUT2D eigenvalue weighted by Gasteiger charge is -2.15. The number of sulfonamides is 1. The average molecular weight is 489 g/mol. The van der Waals surface area contributed by atoms with Gasteiger partial charge in [0.1, 0.15) is 22.6 Å². The largest absolute Gasteiger partial charge is 0.573 e. The van der Waals surface area contributed by atoms with Crippen LogP contribution in [0.2, 0.25) is 0 Å². The SMILES string of the molecule is NS(=O)(=O)c1cc(CCCCC(O)NCCc2ccccc2OC(F)(F)F)cc2c1OCC2. The Hall–Kier alpha value is -2.34. The Balaban J connectivity index is 1.43. The summed E-state index contributed by atoms with van der Waals surface area (Å²) >= 11 is 0. The number of ether oxygens (including phenoxy) is 2. The number of aryl methyl sites for hydroxylation is 1. The van der Waals surface area contributed by atoms with E-state index in [1.807, 2.05) is 6.07 Å². The maximum absolute atomic E-state index is 12.5. The van der Waals surface area contributed by atoms with E-state index in [9.17, 15) is 26.7 Å². The number of nitrogens with one attached hydrogen (secondary N) is 1. The first-order chi connectivity index (χ1) is 15.5. The molecule has 1 aliphatic heterocycles. The number of hydrogen-bond donors (Lipinski definition) is 3. The fourth-order valence-corrected chi connectivity index (χ4v) is 4.53. The number of rotatable bonds is 11. The zero-order valence-corrected chi connectivity index (χ0v) is 18.7. The highest BCUT2D eigenvalue weighted by Gasteiger charge is 2.32. The highest BCUT2D eigenvalue weighted by Crippen LogP contribution is 2.34. The van der Waals surface area contributed by atoms with Crippen LogP contribution in [0.15, 0.2) is 41.3 Å². The van der Waals surface area contributed by atoms with Gasteiger partial charge in [-0.25, -0.2) is 13.6 Å². The summed E-state index contributed by atoms with van der Waals surface area (Å²) in [5.41, 5.74) is 2.06. The first-order valence-electron chi connectivity index (χ1n) is 10.6. The van der Waals surface area contributed by atoms with Gasteiger partial charge in [0.2, 0.25) is 10.0 Å². The molecule has 0 bridgehead atoms. The second kappa shape index (κ2) is 10.7. The van der Waals surface area contributed by atoms with Gasteiger partial charge in [-0.05, 0) is 60.9 Å². The van der Waals surface area contributed by atoms with Gasteiger partial charge in [-0.1, -0.05) is 24.3 Å². The third-order valence-corrected chi connectivity index (χ3v) is 6.20. The van der Waals surface area contributed by atoms with Crippen molar-refractivity contribution in [3.63, 3.8) is 0 Å². The van der Waals surface area contributed by atoms with Gasteiger partial charge in [-0.15, -0.1) is 13.2 Å². The van der Waals surface area contributed by atoms with E-state index >= 15 is 0 Å². The third kappa shape index (κ3) is 7.60. The van der Waals surface area contributed by atoms with Gasteiger partial charge in [-0.3, -0.25) is 5.32 Å². The molecule has 33 heavy (non-hydrogen) atoms. The number of alkyl halides is 3. The molecule has 0 saturated heterocycles. The van der Waals surface area contributed by atoms with Crippen molar-refractivity contribution in [2.75, 3.05) is 13.2 Å². The van der Waals surface area contributed by atoms with Crippen LogP contribution in [-0.4, -0.2) is 39.3 Å². The Morgan fingerprint density at radius 1 is 1.18 bits per heavy atom. The molecule has 0 radical (unpaired) electrons. The Labute approximate surface area is 190 Å². The minimum atomic E-state index is -4.76. The molecule has 0 fully saturated rings. The van der Waals surface area contributed by atoms with Crippen molar-refractivity contribution in [3.8, 4) is 11.5 Å². The molecule has 4 N–H and O–H groups in total. The Morgan fingerprint density at radius 2 is 1.94 bits per heavy atom. The van der Waals surface area contributed by atoms with Crippen LogP contribution in [0, 0.1) is 0 Å². The lowest BCUT2D eigenvalue weighted by Crippen LogP contribution is -2.30. The van der Waals surface area contributed by atoms with Crippen molar-refractivity contribution in [3.05, 3.63) is 53.1 Å². The predicted octanol–water partition coefficient (Wildman–Crippen LogP) is 3.03. The standard InChI is InChI=1S/C22H27F3N2O5S/c23-22(24,25)32-18-7-3-2-6-16(18)9-11-27-20(28)8-4-1-5-15-13-17-10-12-31-21(17)19(14-15)33(26,29)30/h2-3,6-7,13-14,20,27-28H,1,4-5,8-12H2,(H2,26,29,30). The quantitative estimate of drug-likeness (QED) is 0.331. The van der Waals surface area contributed by atoms with E-state index in [0.29, 0.717) is 50.0 Å². The van der Waals surface area contributed by atoms with E-state index in [1.165, 1.54) is 18.2 Å². The van der Waals surface area contributed by atoms with E-state index < -0.39 is 22.6 Å². The molecule has 182 valence electrons. The summed E-state index contributed by atoms with van der Waals surface area (Å²) in [6.45, 7) is 0.702. The highest BCUT2D eigenvalue weighted by atomic mass is 32.2. The molecule has 0 aliphatic carbocycles. The number of unbranched alkanes of at least 4 members (excludes halogenated alkanes) is 1. The first kappa shape index (κ1) is 25.3. The summed E-state index contributed by atoms with van der Waals surface area (Å²) in [4.78, 5) is 0.00369. The van der Waals surface area contributed by atoms with Gasteiger partial charge < -0.3 is 14.6 Å². The molecule has 3 rings (SSSR count). The highest BCUT2D eigenvalue weighted by molar-refractivity contribution is 7.89. The topological polar surface area (TPSA) is 111 Å². The molecular weight excluding hydrogens is 461 g/mol. The minimum absolute atomic E-state index is 0.00369. The Bertz CT molecular complexity index is 1060. The van der Waals surface area contributed by atoms with Crippen LogP contribution in [0.25, 0.3) is 0 Å². The Morgan fingerprint density at radius 3 is 2.67 bits per heavy atom. The molecular formula is C22H27F3N2O5S. The number of aliphatic hydroxyl groups is 1. The number of halogens is 3. The molecule has 0 spiro atoms. The van der Waals surface area contributed by atoms with E-state index in [0.717, 1.165) is 11.1 Å². The van der Waals surface area contributed by atoms with E-state index in [4.69, 9.17) is 9.88 Å². The molecule has 2 aromatic rings. The Kier molecular flexibility index (Phi) is 8.22. The average Bonchev–Trinajstić information content (AvgIpc) is 3.18. The molecule has 0 amide bonds. The summed E-state index contributed by atoms with van der Waals surface area (Å²) in [6.07, 6.45) is -2.24. The maximum Gasteiger partial charge on any atom is 0.573 e. The van der Waals surface area contributed by atoms with Crippen LogP contribution in [0.3, 0.4) is 0 Å². The third-order valence-electron chi connectivity index (χ3n) is 5.28. The zero-order chi connectivity index (χ0) is 24.1. The number of fused-ring (bicyclic) bond motifs is 1. The van der Waals surface area contributed by atoms with Crippen LogP contribution >= 0.6 is 0 Å².